The van der Waals surface area contributed by atoms with Gasteiger partial charge < -0.3 is 4.74 Å². The van der Waals surface area contributed by atoms with Crippen LogP contribution in [0.3, 0.4) is 0 Å². The van der Waals surface area contributed by atoms with Gasteiger partial charge in [0.15, 0.2) is 0 Å². The predicted octanol–water partition coefficient (Wildman–Crippen LogP) is 2.16. The Morgan fingerprint density at radius 3 is 2.42 bits per heavy atom. The molecule has 0 spiro atoms. The van der Waals surface area contributed by atoms with Crippen molar-refractivity contribution >= 4 is 10.0 Å². The summed E-state index contributed by atoms with van der Waals surface area (Å²) in [6.45, 7) is 10.4. The van der Waals surface area contributed by atoms with Gasteiger partial charge >= 0.3 is 0 Å². The summed E-state index contributed by atoms with van der Waals surface area (Å²) in [4.78, 5) is 0. The number of sulfonamides is 1. The molecule has 1 unspecified atom stereocenters. The highest BCUT2D eigenvalue weighted by Gasteiger charge is 2.49. The van der Waals surface area contributed by atoms with E-state index in [9.17, 15) is 8.42 Å². The number of hydrogen-bond acceptors (Lipinski definition) is 3. The summed E-state index contributed by atoms with van der Waals surface area (Å²) < 4.78 is 32.5. The number of hydrogen-bond donors (Lipinski definition) is 1. The molecule has 0 radical (unpaired) electrons. The minimum absolute atomic E-state index is 0.0406. The summed E-state index contributed by atoms with van der Waals surface area (Å²) in [6, 6.07) is 0. The highest BCUT2D eigenvalue weighted by molar-refractivity contribution is 7.90. The predicted molar refractivity (Wildman–Crippen MR) is 76.4 cm³/mol. The molecule has 1 aliphatic heterocycles. The van der Waals surface area contributed by atoms with Crippen LogP contribution in [0.4, 0.5) is 0 Å². The second-order valence-corrected chi connectivity index (χ2v) is 9.12. The molecule has 0 aromatic heterocycles. The van der Waals surface area contributed by atoms with Crippen molar-refractivity contribution < 1.29 is 13.2 Å². The van der Waals surface area contributed by atoms with E-state index >= 15 is 0 Å². The highest BCUT2D eigenvalue weighted by atomic mass is 32.2. The quantitative estimate of drug-likeness (QED) is 0.863. The molecule has 0 amide bonds. The molecule has 3 atom stereocenters. The van der Waals surface area contributed by atoms with Gasteiger partial charge in [-0.15, -0.1) is 0 Å². The van der Waals surface area contributed by atoms with E-state index in [4.69, 9.17) is 4.74 Å². The maximum atomic E-state index is 12.2. The van der Waals surface area contributed by atoms with Crippen LogP contribution in [0.5, 0.6) is 0 Å². The molecule has 5 heteroatoms. The summed E-state index contributed by atoms with van der Waals surface area (Å²) in [6.07, 6.45) is 2.88. The molecular weight excluding hydrogens is 262 g/mol. The summed E-state index contributed by atoms with van der Waals surface area (Å²) in [5.74, 6) is 0.636. The Balaban J connectivity index is 2.02. The van der Waals surface area contributed by atoms with Gasteiger partial charge in [-0.05, 0) is 36.0 Å². The van der Waals surface area contributed by atoms with E-state index in [1.807, 2.05) is 0 Å². The zero-order valence-electron chi connectivity index (χ0n) is 12.5. The normalized spacial score (nSPS) is 38.7. The van der Waals surface area contributed by atoms with Gasteiger partial charge in [-0.3, -0.25) is 0 Å². The molecule has 0 aromatic carbocycles. The lowest BCUT2D eigenvalue weighted by atomic mass is 9.66. The standard InChI is InChI=1S/C14H27NO3S/c1-11-5-7-14(4,13(11,2)3)10-15-19(16,17)12-6-8-18-9-12/h11-12,15H,5-10H2,1-4H3/t11-,12?,14-/m0/s1. The fraction of sp³-hybridized carbons (Fsp3) is 1.00. The van der Waals surface area contributed by atoms with Crippen LogP contribution in [0.15, 0.2) is 0 Å². The van der Waals surface area contributed by atoms with Gasteiger partial charge in [0.25, 0.3) is 0 Å². The van der Waals surface area contributed by atoms with Gasteiger partial charge in [-0.25, -0.2) is 13.1 Å². The van der Waals surface area contributed by atoms with Crippen molar-refractivity contribution in [3.05, 3.63) is 0 Å². The molecule has 2 aliphatic rings. The van der Waals surface area contributed by atoms with Crippen LogP contribution in [-0.4, -0.2) is 33.4 Å². The zero-order valence-corrected chi connectivity index (χ0v) is 13.3. The second-order valence-electron chi connectivity index (χ2n) is 7.07. The van der Waals surface area contributed by atoms with Crippen molar-refractivity contribution in [3.63, 3.8) is 0 Å². The van der Waals surface area contributed by atoms with Gasteiger partial charge in [0.05, 0.1) is 6.61 Å². The Hall–Kier alpha value is -0.130. The van der Waals surface area contributed by atoms with E-state index in [1.165, 1.54) is 6.42 Å². The molecule has 4 nitrogen and oxygen atoms in total. The second kappa shape index (κ2) is 5.01. The van der Waals surface area contributed by atoms with Gasteiger partial charge in [-0.1, -0.05) is 27.7 Å². The summed E-state index contributed by atoms with van der Waals surface area (Å²) in [7, 11) is -3.23. The van der Waals surface area contributed by atoms with Gasteiger partial charge in [0, 0.05) is 13.2 Å². The van der Waals surface area contributed by atoms with E-state index in [0.29, 0.717) is 32.1 Å². The monoisotopic (exact) mass is 289 g/mol. The van der Waals surface area contributed by atoms with Crippen LogP contribution in [0.1, 0.15) is 47.0 Å². The number of nitrogens with one attached hydrogen (secondary N) is 1. The molecule has 112 valence electrons. The van der Waals surface area contributed by atoms with E-state index in [0.717, 1.165) is 6.42 Å². The molecule has 2 rings (SSSR count). The van der Waals surface area contributed by atoms with E-state index in [1.54, 1.807) is 0 Å². The molecule has 0 bridgehead atoms. The third-order valence-corrected chi connectivity index (χ3v) is 7.70. The lowest BCUT2D eigenvalue weighted by Gasteiger charge is -2.41. The third kappa shape index (κ3) is 2.69. The van der Waals surface area contributed by atoms with Crippen molar-refractivity contribution in [2.75, 3.05) is 19.8 Å². The number of ether oxygens (including phenoxy) is 1. The molecule has 2 fully saturated rings. The van der Waals surface area contributed by atoms with Crippen LogP contribution in [0.2, 0.25) is 0 Å². The van der Waals surface area contributed by atoms with Gasteiger partial charge in [-0.2, -0.15) is 0 Å². The summed E-state index contributed by atoms with van der Waals surface area (Å²) >= 11 is 0. The Morgan fingerprint density at radius 2 is 1.95 bits per heavy atom. The molecule has 1 saturated carbocycles. The lowest BCUT2D eigenvalue weighted by Crippen LogP contribution is -2.45. The molecule has 0 aromatic rings. The lowest BCUT2D eigenvalue weighted by molar-refractivity contribution is 0.100. The van der Waals surface area contributed by atoms with Crippen molar-refractivity contribution in [3.8, 4) is 0 Å². The van der Waals surface area contributed by atoms with Crippen LogP contribution < -0.4 is 4.72 Å². The summed E-state index contributed by atoms with van der Waals surface area (Å²) in [5, 5.41) is -0.363. The van der Waals surface area contributed by atoms with Crippen molar-refractivity contribution in [1.29, 1.82) is 0 Å². The SMILES string of the molecule is C[C@H]1CC[C@@](C)(CNS(=O)(=O)C2CCOC2)C1(C)C. The molecule has 19 heavy (non-hydrogen) atoms. The first-order valence-corrected chi connectivity index (χ1v) is 8.80. The zero-order chi connectivity index (χ0) is 14.3. The van der Waals surface area contributed by atoms with Crippen LogP contribution in [-0.2, 0) is 14.8 Å². The van der Waals surface area contributed by atoms with Crippen molar-refractivity contribution in [2.24, 2.45) is 16.7 Å². The van der Waals surface area contributed by atoms with E-state index < -0.39 is 10.0 Å². The minimum Gasteiger partial charge on any atom is -0.380 e. The third-order valence-electron chi connectivity index (χ3n) is 5.91. The Bertz CT molecular complexity index is 426. The van der Waals surface area contributed by atoms with Crippen molar-refractivity contribution in [2.45, 2.75) is 52.2 Å². The largest absolute Gasteiger partial charge is 0.380 e. The first-order valence-electron chi connectivity index (χ1n) is 7.25. The fourth-order valence-electron chi connectivity index (χ4n) is 3.26. The first kappa shape index (κ1) is 15.3. The topological polar surface area (TPSA) is 55.4 Å². The molecular formula is C14H27NO3S. The average Bonchev–Trinajstić information content (AvgIpc) is 2.92. The maximum Gasteiger partial charge on any atom is 0.216 e. The summed E-state index contributed by atoms with van der Waals surface area (Å²) in [5.41, 5.74) is 0.209. The van der Waals surface area contributed by atoms with Crippen molar-refractivity contribution in [1.82, 2.24) is 4.72 Å². The first-order chi connectivity index (χ1) is 8.69. The molecule has 1 saturated heterocycles. The fourth-order valence-corrected chi connectivity index (χ4v) is 4.70. The minimum atomic E-state index is -3.23. The highest BCUT2D eigenvalue weighted by Crippen LogP contribution is 2.55. The Kier molecular flexibility index (Phi) is 4.02. The maximum absolute atomic E-state index is 12.2. The van der Waals surface area contributed by atoms with E-state index in [2.05, 4.69) is 32.4 Å². The van der Waals surface area contributed by atoms with Crippen LogP contribution in [0, 0.1) is 16.7 Å². The smallest absolute Gasteiger partial charge is 0.216 e. The van der Waals surface area contributed by atoms with Crippen LogP contribution in [0.25, 0.3) is 0 Å². The van der Waals surface area contributed by atoms with Gasteiger partial charge in [0.2, 0.25) is 10.0 Å². The average molecular weight is 289 g/mol. The molecule has 1 heterocycles. The Labute approximate surface area is 117 Å². The Morgan fingerprint density at radius 1 is 1.26 bits per heavy atom. The molecule has 1 N–H and O–H groups in total. The molecule has 1 aliphatic carbocycles. The van der Waals surface area contributed by atoms with Gasteiger partial charge in [0.1, 0.15) is 5.25 Å². The number of rotatable bonds is 4. The van der Waals surface area contributed by atoms with Crippen LogP contribution >= 0.6 is 0 Å². The van der Waals surface area contributed by atoms with E-state index in [-0.39, 0.29) is 16.1 Å².